The van der Waals surface area contributed by atoms with Crippen molar-refractivity contribution in [3.63, 3.8) is 0 Å². The third-order valence-electron chi connectivity index (χ3n) is 4.39. The van der Waals surface area contributed by atoms with Gasteiger partial charge in [-0.1, -0.05) is 48.0 Å². The van der Waals surface area contributed by atoms with Crippen LogP contribution in [0.2, 0.25) is 5.02 Å². The van der Waals surface area contributed by atoms with Crippen LogP contribution in [0.15, 0.2) is 59.4 Å². The number of benzene rings is 2. The average molecular weight is 492 g/mol. The number of hydrogen-bond acceptors (Lipinski definition) is 5. The second kappa shape index (κ2) is 9.35. The maximum atomic E-state index is 13.1. The lowest BCUT2D eigenvalue weighted by Gasteiger charge is -2.09. The number of thiophene rings is 1. The molecule has 10 heteroatoms. The number of H-pyrrole nitrogens is 1. The summed E-state index contributed by atoms with van der Waals surface area (Å²) in [6.45, 7) is 0. The van der Waals surface area contributed by atoms with Crippen LogP contribution in [-0.4, -0.2) is 21.3 Å². The number of aromatic amines is 1. The lowest BCUT2D eigenvalue weighted by atomic mass is 10.2. The number of carbonyl (C=O) groups is 1. The number of amides is 1. The fraction of sp³-hybridized carbons (Fsp3) is 0.0952. The highest BCUT2D eigenvalue weighted by molar-refractivity contribution is 7.99. The highest BCUT2D eigenvalue weighted by Crippen LogP contribution is 2.30. The van der Waals surface area contributed by atoms with Crippen molar-refractivity contribution < 1.29 is 9.18 Å². The van der Waals surface area contributed by atoms with Gasteiger partial charge in [0.15, 0.2) is 0 Å². The van der Waals surface area contributed by atoms with Crippen molar-refractivity contribution in [1.82, 2.24) is 9.66 Å². The molecular formula is C21H15ClFN3O2S3. The summed E-state index contributed by atoms with van der Waals surface area (Å²) in [4.78, 5) is 29.9. The molecule has 2 heterocycles. The number of hydrogen-bond donors (Lipinski definition) is 2. The van der Waals surface area contributed by atoms with E-state index >= 15 is 0 Å². The normalized spacial score (nSPS) is 11.0. The number of thioether (sulfide) groups is 1. The Morgan fingerprint density at radius 2 is 2.00 bits per heavy atom. The molecule has 0 aliphatic heterocycles. The van der Waals surface area contributed by atoms with Crippen LogP contribution in [0.25, 0.3) is 20.7 Å². The van der Waals surface area contributed by atoms with Crippen LogP contribution in [0.5, 0.6) is 0 Å². The Labute approximate surface area is 194 Å². The Morgan fingerprint density at radius 1 is 1.23 bits per heavy atom. The van der Waals surface area contributed by atoms with Gasteiger partial charge >= 0.3 is 0 Å². The van der Waals surface area contributed by atoms with Gasteiger partial charge in [0.25, 0.3) is 5.56 Å². The molecule has 4 aromatic rings. The monoisotopic (exact) mass is 491 g/mol. The van der Waals surface area contributed by atoms with E-state index in [9.17, 15) is 14.0 Å². The number of carbonyl (C=O) groups excluding carboxylic acids is 1. The molecule has 2 aromatic heterocycles. The molecule has 158 valence electrons. The Bertz CT molecular complexity index is 1380. The first kappa shape index (κ1) is 21.8. The molecule has 0 spiro atoms. The zero-order valence-electron chi connectivity index (χ0n) is 15.9. The van der Waals surface area contributed by atoms with Gasteiger partial charge in [0.1, 0.15) is 10.6 Å². The van der Waals surface area contributed by atoms with Crippen molar-refractivity contribution in [3.05, 3.63) is 86.1 Å². The van der Waals surface area contributed by atoms with Gasteiger partial charge in [0, 0.05) is 15.7 Å². The molecule has 0 atom stereocenters. The van der Waals surface area contributed by atoms with E-state index in [0.29, 0.717) is 21.0 Å². The minimum absolute atomic E-state index is 0.0753. The smallest absolute Gasteiger partial charge is 0.282 e. The van der Waals surface area contributed by atoms with Crippen molar-refractivity contribution in [2.75, 3.05) is 11.2 Å². The molecule has 0 unspecified atom stereocenters. The average Bonchev–Trinajstić information content (AvgIpc) is 3.17. The van der Waals surface area contributed by atoms with Crippen LogP contribution in [0, 0.1) is 10.6 Å². The summed E-state index contributed by atoms with van der Waals surface area (Å²) in [5.74, 6) is -0.295. The van der Waals surface area contributed by atoms with Crippen LogP contribution in [0.3, 0.4) is 0 Å². The molecular weight excluding hydrogens is 477 g/mol. The zero-order valence-corrected chi connectivity index (χ0v) is 19.1. The van der Waals surface area contributed by atoms with Gasteiger partial charge in [0.2, 0.25) is 10.7 Å². The molecule has 0 saturated heterocycles. The molecule has 31 heavy (non-hydrogen) atoms. The summed E-state index contributed by atoms with van der Waals surface area (Å²) in [5, 5.41) is 0.757. The highest BCUT2D eigenvalue weighted by Gasteiger charge is 2.13. The second-order valence-electron chi connectivity index (χ2n) is 6.55. The van der Waals surface area contributed by atoms with Crippen LogP contribution in [0.4, 0.5) is 4.39 Å². The number of halogens is 2. The van der Waals surface area contributed by atoms with E-state index < -0.39 is 11.4 Å². The minimum atomic E-state index is -0.413. The zero-order chi connectivity index (χ0) is 22.0. The fourth-order valence-electron chi connectivity index (χ4n) is 2.90. The van der Waals surface area contributed by atoms with E-state index in [1.807, 2.05) is 30.3 Å². The third-order valence-corrected chi connectivity index (χ3v) is 7.11. The van der Waals surface area contributed by atoms with E-state index in [-0.39, 0.29) is 16.4 Å². The third kappa shape index (κ3) is 4.90. The van der Waals surface area contributed by atoms with Gasteiger partial charge in [-0.2, -0.15) is 4.68 Å². The lowest BCUT2D eigenvalue weighted by molar-refractivity contribution is -0.114. The predicted molar refractivity (Wildman–Crippen MR) is 129 cm³/mol. The first-order chi connectivity index (χ1) is 14.9. The van der Waals surface area contributed by atoms with Gasteiger partial charge < -0.3 is 4.98 Å². The van der Waals surface area contributed by atoms with Crippen molar-refractivity contribution in [3.8, 4) is 10.4 Å². The quantitative estimate of drug-likeness (QED) is 0.345. The maximum Gasteiger partial charge on any atom is 0.282 e. The van der Waals surface area contributed by atoms with Crippen molar-refractivity contribution in [2.24, 2.45) is 0 Å². The van der Waals surface area contributed by atoms with Crippen LogP contribution >= 0.6 is 46.9 Å². The van der Waals surface area contributed by atoms with Crippen molar-refractivity contribution >= 4 is 63.0 Å². The first-order valence-corrected chi connectivity index (χ1v) is 11.8. The van der Waals surface area contributed by atoms with Crippen LogP contribution in [0.1, 0.15) is 5.56 Å². The number of nitrogens with zero attached hydrogens (tertiary/aromatic N) is 1. The van der Waals surface area contributed by atoms with Crippen LogP contribution in [-0.2, 0) is 10.5 Å². The molecule has 0 aliphatic rings. The highest BCUT2D eigenvalue weighted by atomic mass is 35.5. The summed E-state index contributed by atoms with van der Waals surface area (Å²) in [6.07, 6.45) is 0. The van der Waals surface area contributed by atoms with Gasteiger partial charge in [-0.05, 0) is 41.5 Å². The van der Waals surface area contributed by atoms with E-state index in [1.54, 1.807) is 12.1 Å². The van der Waals surface area contributed by atoms with Gasteiger partial charge in [-0.15, -0.1) is 23.1 Å². The fourth-order valence-corrected chi connectivity index (χ4v) is 5.39. The molecule has 0 bridgehead atoms. The van der Waals surface area contributed by atoms with Gasteiger partial charge in [-0.25, -0.2) is 4.39 Å². The summed E-state index contributed by atoms with van der Waals surface area (Å²) in [6, 6.07) is 15.6. The van der Waals surface area contributed by atoms with E-state index in [0.717, 1.165) is 20.7 Å². The predicted octanol–water partition coefficient (Wildman–Crippen LogP) is 5.58. The number of aromatic nitrogens is 2. The van der Waals surface area contributed by atoms with Gasteiger partial charge in [-0.3, -0.25) is 15.0 Å². The Balaban J connectivity index is 1.49. The first-order valence-electron chi connectivity index (χ1n) is 9.08. The summed E-state index contributed by atoms with van der Waals surface area (Å²) >= 11 is 14.0. The molecule has 4 rings (SSSR count). The number of fused-ring (bicyclic) bond motifs is 1. The Morgan fingerprint density at radius 3 is 2.74 bits per heavy atom. The molecule has 0 aliphatic carbocycles. The van der Waals surface area contributed by atoms with E-state index in [2.05, 4.69) is 10.4 Å². The minimum Gasteiger partial charge on any atom is -0.322 e. The Kier molecular flexibility index (Phi) is 6.57. The number of nitrogens with one attached hydrogen (secondary N) is 2. The molecule has 2 aromatic carbocycles. The van der Waals surface area contributed by atoms with Crippen molar-refractivity contribution in [1.29, 1.82) is 0 Å². The summed E-state index contributed by atoms with van der Waals surface area (Å²) in [5.41, 5.74) is 3.88. The topological polar surface area (TPSA) is 66.9 Å². The Hall–Kier alpha value is -2.46. The summed E-state index contributed by atoms with van der Waals surface area (Å²) in [7, 11) is 0. The molecule has 0 fully saturated rings. The van der Waals surface area contributed by atoms with Gasteiger partial charge in [0.05, 0.1) is 11.1 Å². The molecule has 0 saturated carbocycles. The van der Waals surface area contributed by atoms with Crippen LogP contribution < -0.4 is 11.0 Å². The van der Waals surface area contributed by atoms with E-state index in [4.69, 9.17) is 23.8 Å². The molecule has 1 amide bonds. The largest absolute Gasteiger partial charge is 0.322 e. The SMILES string of the molecule is O=C(CSCc1ccc(F)cc1Cl)Nn1c(=S)[nH]c2sc(-c3ccccc3)cc2c1=O. The molecule has 5 nitrogen and oxygen atoms in total. The summed E-state index contributed by atoms with van der Waals surface area (Å²) < 4.78 is 14.3. The lowest BCUT2D eigenvalue weighted by Crippen LogP contribution is -2.35. The molecule has 2 N–H and O–H groups in total. The number of rotatable bonds is 6. The standard InChI is InChI=1S/C21H15ClFN3O2S3/c22-16-8-14(23)7-6-13(16)10-30-11-18(27)25-26-20(28)15-9-17(12-4-2-1-3-5-12)31-19(15)24-21(26)29/h1-9H,10-11H2,(H,24,29)(H,25,27). The van der Waals surface area contributed by atoms with E-state index in [1.165, 1.54) is 35.2 Å². The maximum absolute atomic E-state index is 13.1. The molecule has 0 radical (unpaired) electrons. The van der Waals surface area contributed by atoms with Crippen molar-refractivity contribution in [2.45, 2.75) is 5.75 Å². The second-order valence-corrected chi connectivity index (χ2v) is 9.39.